The van der Waals surface area contributed by atoms with Crippen LogP contribution < -0.4 is 9.47 Å². The van der Waals surface area contributed by atoms with Gasteiger partial charge < -0.3 is 19.1 Å². The molecule has 2 aromatic rings. The molecule has 1 atom stereocenters. The molecule has 1 aromatic carbocycles. The highest BCUT2D eigenvalue weighted by Crippen LogP contribution is 2.31. The van der Waals surface area contributed by atoms with Gasteiger partial charge >= 0.3 is 0 Å². The largest absolute Gasteiger partial charge is 0.490 e. The maximum Gasteiger partial charge on any atom is 0.181 e. The number of imidazole rings is 1. The van der Waals surface area contributed by atoms with Crippen molar-refractivity contribution >= 4 is 9.84 Å². The van der Waals surface area contributed by atoms with E-state index in [0.717, 1.165) is 6.42 Å². The predicted molar refractivity (Wildman–Crippen MR) is 93.7 cm³/mol. The van der Waals surface area contributed by atoms with Crippen molar-refractivity contribution in [1.82, 2.24) is 9.55 Å². The Kier molecular flexibility index (Phi) is 6.83. The number of sulfone groups is 1. The first-order chi connectivity index (χ1) is 11.9. The van der Waals surface area contributed by atoms with Crippen molar-refractivity contribution in [2.75, 3.05) is 19.0 Å². The van der Waals surface area contributed by atoms with E-state index in [2.05, 4.69) is 4.98 Å². The molecule has 8 heteroatoms. The molecule has 2 rings (SSSR count). The van der Waals surface area contributed by atoms with Crippen molar-refractivity contribution < 1.29 is 23.0 Å². The average Bonchev–Trinajstić information content (AvgIpc) is 3.05. The molecule has 0 bridgehead atoms. The average molecular weight is 368 g/mol. The third kappa shape index (κ3) is 5.75. The van der Waals surface area contributed by atoms with E-state index < -0.39 is 15.9 Å². The number of ether oxygens (including phenoxy) is 2. The van der Waals surface area contributed by atoms with E-state index >= 15 is 0 Å². The van der Waals surface area contributed by atoms with Crippen LogP contribution in [-0.4, -0.2) is 48.1 Å². The Morgan fingerprint density at radius 3 is 2.64 bits per heavy atom. The minimum Gasteiger partial charge on any atom is -0.490 e. The van der Waals surface area contributed by atoms with Crippen LogP contribution in [0.3, 0.4) is 0 Å². The van der Waals surface area contributed by atoms with Gasteiger partial charge in [-0.2, -0.15) is 0 Å². The van der Waals surface area contributed by atoms with Gasteiger partial charge in [-0.1, -0.05) is 6.92 Å². The minimum absolute atomic E-state index is 0.112. The summed E-state index contributed by atoms with van der Waals surface area (Å²) in [6.07, 6.45) is 5.08. The lowest BCUT2D eigenvalue weighted by atomic mass is 10.3. The Hall–Kier alpha value is -2.06. The molecular weight excluding hydrogens is 344 g/mol. The molecule has 0 aliphatic carbocycles. The summed E-state index contributed by atoms with van der Waals surface area (Å²) in [4.78, 5) is 4.08. The summed E-state index contributed by atoms with van der Waals surface area (Å²) in [6, 6.07) is 4.52. The molecule has 1 unspecified atom stereocenters. The number of hydrogen-bond acceptors (Lipinski definition) is 6. The highest BCUT2D eigenvalue weighted by Gasteiger charge is 2.19. The van der Waals surface area contributed by atoms with Gasteiger partial charge in [-0.15, -0.1) is 0 Å². The molecule has 1 heterocycles. The van der Waals surface area contributed by atoms with Crippen LogP contribution in [0.4, 0.5) is 0 Å². The Balaban J connectivity index is 2.15. The zero-order valence-electron chi connectivity index (χ0n) is 14.5. The second kappa shape index (κ2) is 8.87. The summed E-state index contributed by atoms with van der Waals surface area (Å²) in [5, 5.41) is 9.38. The number of nitrogens with zero attached hydrogens (tertiary/aromatic N) is 2. The summed E-state index contributed by atoms with van der Waals surface area (Å²) >= 11 is 0. The van der Waals surface area contributed by atoms with Crippen LogP contribution in [0.5, 0.6) is 11.5 Å². The van der Waals surface area contributed by atoms with Crippen molar-refractivity contribution in [3.63, 3.8) is 0 Å². The van der Waals surface area contributed by atoms with Crippen LogP contribution in [-0.2, 0) is 16.4 Å². The zero-order chi connectivity index (χ0) is 18.3. The molecule has 0 saturated carbocycles. The molecule has 138 valence electrons. The Labute approximate surface area is 148 Å². The lowest BCUT2D eigenvalue weighted by Crippen LogP contribution is -2.18. The fraction of sp³-hybridized carbons (Fsp3) is 0.471. The van der Waals surface area contributed by atoms with Crippen molar-refractivity contribution in [3.8, 4) is 11.5 Å². The molecule has 0 aliphatic heterocycles. The normalized spacial score (nSPS) is 12.8. The number of aromatic nitrogens is 2. The molecule has 0 aliphatic rings. The fourth-order valence-electron chi connectivity index (χ4n) is 2.22. The first-order valence-corrected chi connectivity index (χ1v) is 9.84. The smallest absolute Gasteiger partial charge is 0.181 e. The van der Waals surface area contributed by atoms with Gasteiger partial charge in [0.15, 0.2) is 21.3 Å². The number of aliphatic hydroxyl groups is 1. The number of rotatable bonds is 10. The Morgan fingerprint density at radius 2 is 2.00 bits per heavy atom. The van der Waals surface area contributed by atoms with Gasteiger partial charge in [-0.05, 0) is 25.5 Å². The molecule has 0 spiro atoms. The summed E-state index contributed by atoms with van der Waals surface area (Å²) in [7, 11) is -3.58. The van der Waals surface area contributed by atoms with Gasteiger partial charge in [0, 0.05) is 18.5 Å². The quantitative estimate of drug-likeness (QED) is 0.689. The fourth-order valence-corrected chi connectivity index (χ4v) is 3.61. The second-order valence-corrected chi connectivity index (χ2v) is 7.77. The maximum absolute atomic E-state index is 12.3. The first kappa shape index (κ1) is 19.3. The van der Waals surface area contributed by atoms with E-state index in [9.17, 15) is 13.5 Å². The van der Waals surface area contributed by atoms with Crippen LogP contribution in [0.15, 0.2) is 41.8 Å². The molecular formula is C17H24N2O5S. The van der Waals surface area contributed by atoms with E-state index in [1.165, 1.54) is 19.1 Å². The number of hydrogen-bond donors (Lipinski definition) is 1. The Bertz CT molecular complexity index is 757. The molecule has 7 nitrogen and oxygen atoms in total. The van der Waals surface area contributed by atoms with Gasteiger partial charge in [0.05, 0.1) is 36.2 Å². The van der Waals surface area contributed by atoms with Crippen molar-refractivity contribution in [2.24, 2.45) is 0 Å². The van der Waals surface area contributed by atoms with Crippen molar-refractivity contribution in [3.05, 3.63) is 36.9 Å². The number of aliphatic hydroxyl groups excluding tert-OH is 1. The molecule has 0 radical (unpaired) electrons. The van der Waals surface area contributed by atoms with E-state index in [0.29, 0.717) is 31.3 Å². The van der Waals surface area contributed by atoms with E-state index in [4.69, 9.17) is 9.47 Å². The van der Waals surface area contributed by atoms with E-state index in [1.54, 1.807) is 18.6 Å². The van der Waals surface area contributed by atoms with Gasteiger partial charge in [0.2, 0.25) is 0 Å². The third-order valence-corrected chi connectivity index (χ3v) is 5.26. The minimum atomic E-state index is -3.58. The molecule has 1 aromatic heterocycles. The van der Waals surface area contributed by atoms with Crippen LogP contribution in [0, 0.1) is 0 Å². The Morgan fingerprint density at radius 1 is 1.24 bits per heavy atom. The first-order valence-electron chi connectivity index (χ1n) is 8.18. The molecule has 0 saturated heterocycles. The topological polar surface area (TPSA) is 90.7 Å². The zero-order valence-corrected chi connectivity index (χ0v) is 15.3. The number of benzene rings is 1. The van der Waals surface area contributed by atoms with Gasteiger partial charge in [0.1, 0.15) is 6.61 Å². The van der Waals surface area contributed by atoms with E-state index in [1.807, 2.05) is 17.7 Å². The summed E-state index contributed by atoms with van der Waals surface area (Å²) in [5.74, 6) is 0.546. The summed E-state index contributed by atoms with van der Waals surface area (Å²) in [5.41, 5.74) is 0. The van der Waals surface area contributed by atoms with Crippen LogP contribution >= 0.6 is 0 Å². The predicted octanol–water partition coefficient (Wildman–Crippen LogP) is 1.91. The van der Waals surface area contributed by atoms with Crippen LogP contribution in [0.25, 0.3) is 0 Å². The second-order valence-electron chi connectivity index (χ2n) is 5.74. The standard InChI is InChI=1S/C17H24N2O5S/c1-3-9-23-17-11-15(25(21,22)12-14(2)20)4-5-16(17)24-10-8-19-7-6-18-13-19/h4-7,11,13-14,20H,3,8-10,12H2,1-2H3. The monoisotopic (exact) mass is 368 g/mol. The third-order valence-electron chi connectivity index (χ3n) is 3.36. The molecule has 0 amide bonds. The van der Waals surface area contributed by atoms with Gasteiger partial charge in [-0.3, -0.25) is 0 Å². The molecule has 0 fully saturated rings. The van der Waals surface area contributed by atoms with Crippen molar-refractivity contribution in [1.29, 1.82) is 0 Å². The molecule has 25 heavy (non-hydrogen) atoms. The summed E-state index contributed by atoms with van der Waals surface area (Å²) in [6.45, 7) is 4.89. The summed E-state index contributed by atoms with van der Waals surface area (Å²) < 4.78 is 37.8. The highest BCUT2D eigenvalue weighted by atomic mass is 32.2. The SMILES string of the molecule is CCCOc1cc(S(=O)(=O)CC(C)O)ccc1OCCn1ccnc1. The van der Waals surface area contributed by atoms with Crippen LogP contribution in [0.1, 0.15) is 20.3 Å². The maximum atomic E-state index is 12.3. The lowest BCUT2D eigenvalue weighted by molar-refractivity contribution is 0.218. The van der Waals surface area contributed by atoms with Crippen molar-refractivity contribution in [2.45, 2.75) is 37.8 Å². The van der Waals surface area contributed by atoms with E-state index in [-0.39, 0.29) is 10.6 Å². The van der Waals surface area contributed by atoms with Gasteiger partial charge in [0.25, 0.3) is 0 Å². The lowest BCUT2D eigenvalue weighted by Gasteiger charge is -2.15. The molecule has 1 N–H and O–H groups in total. The van der Waals surface area contributed by atoms with Crippen LogP contribution in [0.2, 0.25) is 0 Å². The highest BCUT2D eigenvalue weighted by molar-refractivity contribution is 7.91. The van der Waals surface area contributed by atoms with Gasteiger partial charge in [-0.25, -0.2) is 13.4 Å².